The Morgan fingerprint density at radius 1 is 1.08 bits per heavy atom. The summed E-state index contributed by atoms with van der Waals surface area (Å²) in [5, 5.41) is 5.81. The molecule has 4 N–H and O–H groups in total. The minimum absolute atomic E-state index is 0.0631. The Balaban J connectivity index is 2.14. The number of halogens is 1. The molecule has 2 aromatic carbocycles. The molecule has 0 aromatic heterocycles. The number of para-hydroxylation sites is 1. The van der Waals surface area contributed by atoms with Gasteiger partial charge in [0.15, 0.2) is 0 Å². The van der Waals surface area contributed by atoms with Gasteiger partial charge >= 0.3 is 0 Å². The average Bonchev–Trinajstić information content (AvgIpc) is 2.62. The van der Waals surface area contributed by atoms with Crippen molar-refractivity contribution in [1.29, 1.82) is 0 Å². The van der Waals surface area contributed by atoms with Gasteiger partial charge in [0, 0.05) is 11.4 Å². The molecule has 6 heteroatoms. The third-order valence-corrected chi connectivity index (χ3v) is 4.40. The van der Waals surface area contributed by atoms with Crippen molar-refractivity contribution in [3.05, 3.63) is 59.1 Å². The molecule has 0 spiro atoms. The average molecular weight is 360 g/mol. The van der Waals surface area contributed by atoms with Gasteiger partial charge in [0.2, 0.25) is 5.91 Å². The number of carbonyl (C=O) groups is 2. The van der Waals surface area contributed by atoms with E-state index < -0.39 is 6.04 Å². The normalized spacial score (nSPS) is 13.0. The Morgan fingerprint density at radius 3 is 2.40 bits per heavy atom. The lowest BCUT2D eigenvalue weighted by atomic mass is 9.99. The number of nitrogens with two attached hydrogens (primary N) is 1. The molecule has 0 bridgehead atoms. The molecule has 25 heavy (non-hydrogen) atoms. The van der Waals surface area contributed by atoms with Crippen LogP contribution in [0.3, 0.4) is 0 Å². The van der Waals surface area contributed by atoms with E-state index in [1.807, 2.05) is 32.0 Å². The molecule has 0 aliphatic carbocycles. The highest BCUT2D eigenvalue weighted by molar-refractivity contribution is 6.34. The lowest BCUT2D eigenvalue weighted by Gasteiger charge is -2.18. The van der Waals surface area contributed by atoms with Gasteiger partial charge in [-0.25, -0.2) is 0 Å². The molecule has 0 aliphatic heterocycles. The maximum atomic E-state index is 12.4. The minimum Gasteiger partial charge on any atom is -0.325 e. The third kappa shape index (κ3) is 5.05. The van der Waals surface area contributed by atoms with Crippen molar-refractivity contribution in [1.82, 2.24) is 0 Å². The quantitative estimate of drug-likeness (QED) is 0.731. The van der Waals surface area contributed by atoms with Crippen molar-refractivity contribution in [2.75, 3.05) is 10.6 Å². The van der Waals surface area contributed by atoms with E-state index in [4.69, 9.17) is 17.3 Å². The number of hydrogen-bond donors (Lipinski definition) is 3. The summed E-state index contributed by atoms with van der Waals surface area (Å²) in [7, 11) is 0. The van der Waals surface area contributed by atoms with Gasteiger partial charge in [0.05, 0.1) is 16.6 Å². The fourth-order valence-electron chi connectivity index (χ4n) is 2.23. The third-order valence-electron chi connectivity index (χ3n) is 4.07. The highest BCUT2D eigenvalue weighted by Gasteiger charge is 2.20. The molecule has 2 unspecified atom stereocenters. The van der Waals surface area contributed by atoms with Crippen molar-refractivity contribution in [3.63, 3.8) is 0 Å². The van der Waals surface area contributed by atoms with Crippen LogP contribution < -0.4 is 16.4 Å². The highest BCUT2D eigenvalue weighted by Crippen LogP contribution is 2.22. The van der Waals surface area contributed by atoms with Gasteiger partial charge in [-0.05, 0) is 36.2 Å². The van der Waals surface area contributed by atoms with Crippen molar-refractivity contribution >= 4 is 34.8 Å². The molecule has 5 nitrogen and oxygen atoms in total. The van der Waals surface area contributed by atoms with E-state index in [-0.39, 0.29) is 23.3 Å². The second-order valence-corrected chi connectivity index (χ2v) is 6.32. The number of carbonyl (C=O) groups excluding carboxylic acids is 2. The molecule has 2 rings (SSSR count). The van der Waals surface area contributed by atoms with E-state index in [2.05, 4.69) is 10.6 Å². The van der Waals surface area contributed by atoms with Gasteiger partial charge in [-0.2, -0.15) is 0 Å². The fraction of sp³-hybridized carbons (Fsp3) is 0.263. The predicted octanol–water partition coefficient (Wildman–Crippen LogP) is 3.90. The largest absolute Gasteiger partial charge is 0.325 e. The van der Waals surface area contributed by atoms with Gasteiger partial charge < -0.3 is 16.4 Å². The van der Waals surface area contributed by atoms with Gasteiger partial charge in [-0.1, -0.05) is 50.1 Å². The van der Waals surface area contributed by atoms with Gasteiger partial charge in [-0.15, -0.1) is 0 Å². The maximum absolute atomic E-state index is 12.4. The Bertz CT molecular complexity index is 750. The molecule has 2 aromatic rings. The lowest BCUT2D eigenvalue weighted by molar-refractivity contribution is -0.118. The molecule has 2 amide bonds. The van der Waals surface area contributed by atoms with Crippen molar-refractivity contribution in [2.45, 2.75) is 26.3 Å². The second kappa shape index (κ2) is 8.65. The van der Waals surface area contributed by atoms with Gasteiger partial charge in [-0.3, -0.25) is 9.59 Å². The zero-order valence-corrected chi connectivity index (χ0v) is 15.0. The van der Waals surface area contributed by atoms with Crippen LogP contribution in [0.25, 0.3) is 0 Å². The molecule has 0 heterocycles. The lowest BCUT2D eigenvalue weighted by Crippen LogP contribution is -2.40. The molecular formula is C19H22ClN3O2. The van der Waals surface area contributed by atoms with Gasteiger partial charge in [0.1, 0.15) is 0 Å². The number of nitrogens with one attached hydrogen (secondary N) is 2. The van der Waals surface area contributed by atoms with Crippen LogP contribution in [-0.2, 0) is 4.79 Å². The first-order valence-corrected chi connectivity index (χ1v) is 8.52. The first kappa shape index (κ1) is 19.0. The fourth-order valence-corrected chi connectivity index (χ4v) is 2.44. The number of hydrogen-bond acceptors (Lipinski definition) is 3. The van der Waals surface area contributed by atoms with Crippen LogP contribution in [0.4, 0.5) is 11.4 Å². The smallest absolute Gasteiger partial charge is 0.257 e. The molecule has 0 saturated carbocycles. The monoisotopic (exact) mass is 359 g/mol. The number of anilines is 2. The summed E-state index contributed by atoms with van der Waals surface area (Å²) < 4.78 is 0. The van der Waals surface area contributed by atoms with Crippen LogP contribution in [0.15, 0.2) is 48.5 Å². The number of amides is 2. The Morgan fingerprint density at radius 2 is 1.76 bits per heavy atom. The first-order chi connectivity index (χ1) is 11.9. The molecule has 0 aliphatic rings. The van der Waals surface area contributed by atoms with Crippen LogP contribution in [0.5, 0.6) is 0 Å². The van der Waals surface area contributed by atoms with Crippen molar-refractivity contribution < 1.29 is 9.59 Å². The van der Waals surface area contributed by atoms with E-state index in [1.165, 1.54) is 0 Å². The van der Waals surface area contributed by atoms with E-state index >= 15 is 0 Å². The van der Waals surface area contributed by atoms with E-state index in [0.717, 1.165) is 6.42 Å². The van der Waals surface area contributed by atoms with E-state index in [1.54, 1.807) is 30.3 Å². The van der Waals surface area contributed by atoms with E-state index in [9.17, 15) is 9.59 Å². The van der Waals surface area contributed by atoms with Crippen LogP contribution >= 0.6 is 11.6 Å². The Kier molecular flexibility index (Phi) is 6.56. The predicted molar refractivity (Wildman–Crippen MR) is 102 cm³/mol. The summed E-state index contributed by atoms with van der Waals surface area (Å²) in [4.78, 5) is 24.6. The minimum atomic E-state index is -0.609. The summed E-state index contributed by atoms with van der Waals surface area (Å²) in [6, 6.07) is 13.2. The number of rotatable bonds is 6. The summed E-state index contributed by atoms with van der Waals surface area (Å²) in [5.41, 5.74) is 7.35. The van der Waals surface area contributed by atoms with Gasteiger partial charge in [0.25, 0.3) is 5.91 Å². The summed E-state index contributed by atoms with van der Waals surface area (Å²) in [6.45, 7) is 3.90. The molecule has 0 saturated heterocycles. The van der Waals surface area contributed by atoms with Crippen LogP contribution in [0, 0.1) is 5.92 Å². The summed E-state index contributed by atoms with van der Waals surface area (Å²) >= 11 is 6.13. The summed E-state index contributed by atoms with van der Waals surface area (Å²) in [5.74, 6) is -0.572. The first-order valence-electron chi connectivity index (χ1n) is 8.14. The molecule has 132 valence electrons. The Labute approximate surface area is 152 Å². The van der Waals surface area contributed by atoms with E-state index in [0.29, 0.717) is 16.4 Å². The molecular weight excluding hydrogens is 338 g/mol. The number of benzene rings is 2. The zero-order valence-electron chi connectivity index (χ0n) is 14.3. The summed E-state index contributed by atoms with van der Waals surface area (Å²) in [6.07, 6.45) is 0.805. The van der Waals surface area contributed by atoms with Crippen LogP contribution in [-0.4, -0.2) is 17.9 Å². The highest BCUT2D eigenvalue weighted by atomic mass is 35.5. The van der Waals surface area contributed by atoms with Crippen molar-refractivity contribution in [3.8, 4) is 0 Å². The van der Waals surface area contributed by atoms with Crippen molar-refractivity contribution in [2.24, 2.45) is 11.7 Å². The molecule has 0 radical (unpaired) electrons. The topological polar surface area (TPSA) is 84.2 Å². The SMILES string of the molecule is CCC(C)C(N)C(=O)Nc1ccc(Cl)c(C(=O)Nc2ccccc2)c1. The van der Waals surface area contributed by atoms with Crippen LogP contribution in [0.2, 0.25) is 5.02 Å². The standard InChI is InChI=1S/C19H22ClN3O2/c1-3-12(2)17(21)19(25)23-14-9-10-16(20)15(11-14)18(24)22-13-7-5-4-6-8-13/h4-12,17H,3,21H2,1-2H3,(H,22,24)(H,23,25). The molecule has 2 atom stereocenters. The second-order valence-electron chi connectivity index (χ2n) is 5.92. The maximum Gasteiger partial charge on any atom is 0.257 e. The zero-order chi connectivity index (χ0) is 18.4. The molecule has 0 fully saturated rings. The Hall–Kier alpha value is -2.37. The van der Waals surface area contributed by atoms with Crippen LogP contribution in [0.1, 0.15) is 30.6 Å².